The van der Waals surface area contributed by atoms with Crippen LogP contribution in [-0.2, 0) is 4.74 Å². The van der Waals surface area contributed by atoms with E-state index in [1.54, 1.807) is 0 Å². The van der Waals surface area contributed by atoms with Gasteiger partial charge in [-0.1, -0.05) is 49.7 Å². The van der Waals surface area contributed by atoms with Gasteiger partial charge in [0.2, 0.25) is 0 Å². The summed E-state index contributed by atoms with van der Waals surface area (Å²) in [4.78, 5) is 0. The fourth-order valence-corrected chi connectivity index (χ4v) is 1.78. The fraction of sp³-hybridized carbons (Fsp3) is 0.429. The number of hydrogen-bond donors (Lipinski definition) is 0. The van der Waals surface area contributed by atoms with Crippen LogP contribution in [0.5, 0.6) is 0 Å². The highest BCUT2D eigenvalue weighted by Crippen LogP contribution is 2.29. The van der Waals surface area contributed by atoms with Crippen molar-refractivity contribution in [2.75, 3.05) is 6.61 Å². The normalized spacial score (nSPS) is 19.9. The molecule has 16 heavy (non-hydrogen) atoms. The van der Waals surface area contributed by atoms with E-state index in [9.17, 15) is 0 Å². The summed E-state index contributed by atoms with van der Waals surface area (Å²) < 4.78 is 5.67. The van der Waals surface area contributed by atoms with E-state index in [0.717, 1.165) is 17.9 Å². The lowest BCUT2D eigenvalue weighted by Gasteiger charge is -2.24. The van der Waals surface area contributed by atoms with Gasteiger partial charge in [0.1, 0.15) is 0 Å². The van der Waals surface area contributed by atoms with E-state index in [2.05, 4.69) is 6.58 Å². The van der Waals surface area contributed by atoms with Crippen LogP contribution >= 0.6 is 11.6 Å². The third kappa shape index (κ3) is 3.66. The van der Waals surface area contributed by atoms with Crippen molar-refractivity contribution in [3.05, 3.63) is 47.0 Å². The average Bonchev–Trinajstić information content (AvgIpc) is 2.34. The lowest BCUT2D eigenvalue weighted by Crippen LogP contribution is -2.13. The van der Waals surface area contributed by atoms with Crippen molar-refractivity contribution in [3.63, 3.8) is 0 Å². The summed E-state index contributed by atoms with van der Waals surface area (Å²) in [5.74, 6) is 0. The predicted molar refractivity (Wildman–Crippen MR) is 69.9 cm³/mol. The molecule has 1 aromatic carbocycles. The molecule has 0 aliphatic carbocycles. The Bertz CT molecular complexity index is 319. The third-order valence-electron chi connectivity index (χ3n) is 2.49. The number of benzene rings is 1. The molecule has 1 aliphatic rings. The molecule has 1 saturated heterocycles. The fourth-order valence-electron chi connectivity index (χ4n) is 1.65. The SMILES string of the molecule is C=C1CCC(c2ccc(Cl)cc2)OC1.CC. The minimum atomic E-state index is 0.220. The largest absolute Gasteiger partial charge is 0.369 e. The number of halogens is 1. The quantitative estimate of drug-likeness (QED) is 0.640. The van der Waals surface area contributed by atoms with Crippen LogP contribution in [0, 0.1) is 0 Å². The van der Waals surface area contributed by atoms with E-state index in [1.165, 1.54) is 11.1 Å². The Balaban J connectivity index is 0.000000606. The number of ether oxygens (including phenoxy) is 1. The Labute approximate surface area is 103 Å². The molecule has 0 N–H and O–H groups in total. The van der Waals surface area contributed by atoms with E-state index in [4.69, 9.17) is 16.3 Å². The van der Waals surface area contributed by atoms with E-state index in [0.29, 0.717) is 6.61 Å². The Morgan fingerprint density at radius 1 is 1.25 bits per heavy atom. The molecule has 2 rings (SSSR count). The van der Waals surface area contributed by atoms with Crippen molar-refractivity contribution in [2.45, 2.75) is 32.8 Å². The van der Waals surface area contributed by atoms with Crippen molar-refractivity contribution in [2.24, 2.45) is 0 Å². The molecular formula is C14H19ClO. The summed E-state index contributed by atoms with van der Waals surface area (Å²) in [6.07, 6.45) is 2.31. The zero-order chi connectivity index (χ0) is 12.0. The van der Waals surface area contributed by atoms with Gasteiger partial charge in [-0.2, -0.15) is 0 Å². The zero-order valence-corrected chi connectivity index (χ0v) is 10.8. The van der Waals surface area contributed by atoms with Crippen molar-refractivity contribution >= 4 is 11.6 Å². The molecular weight excluding hydrogens is 220 g/mol. The van der Waals surface area contributed by atoms with Crippen LogP contribution in [0.3, 0.4) is 0 Å². The topological polar surface area (TPSA) is 9.23 Å². The van der Waals surface area contributed by atoms with Crippen molar-refractivity contribution in [3.8, 4) is 0 Å². The molecule has 0 amide bonds. The van der Waals surface area contributed by atoms with Crippen LogP contribution in [0.2, 0.25) is 5.02 Å². The summed E-state index contributed by atoms with van der Waals surface area (Å²) >= 11 is 5.82. The van der Waals surface area contributed by atoms with E-state index >= 15 is 0 Å². The van der Waals surface area contributed by atoms with E-state index < -0.39 is 0 Å². The number of rotatable bonds is 1. The highest BCUT2D eigenvalue weighted by atomic mass is 35.5. The highest BCUT2D eigenvalue weighted by Gasteiger charge is 2.17. The maximum atomic E-state index is 5.82. The molecule has 88 valence electrons. The molecule has 1 unspecified atom stereocenters. The molecule has 1 atom stereocenters. The minimum absolute atomic E-state index is 0.220. The molecule has 1 aromatic rings. The van der Waals surface area contributed by atoms with Gasteiger partial charge in [-0.3, -0.25) is 0 Å². The second kappa shape index (κ2) is 6.72. The highest BCUT2D eigenvalue weighted by molar-refractivity contribution is 6.30. The van der Waals surface area contributed by atoms with Gasteiger partial charge in [0, 0.05) is 5.02 Å². The molecule has 1 aliphatic heterocycles. The van der Waals surface area contributed by atoms with Crippen molar-refractivity contribution < 1.29 is 4.74 Å². The Hall–Kier alpha value is -0.790. The Morgan fingerprint density at radius 3 is 2.38 bits per heavy atom. The first-order valence-corrected chi connectivity index (χ1v) is 6.17. The zero-order valence-electron chi connectivity index (χ0n) is 10.0. The molecule has 2 heteroatoms. The van der Waals surface area contributed by atoms with Crippen LogP contribution in [0.15, 0.2) is 36.4 Å². The first kappa shape index (κ1) is 13.3. The first-order valence-electron chi connectivity index (χ1n) is 5.79. The third-order valence-corrected chi connectivity index (χ3v) is 2.74. The van der Waals surface area contributed by atoms with Gasteiger partial charge < -0.3 is 4.74 Å². The smallest absolute Gasteiger partial charge is 0.0832 e. The van der Waals surface area contributed by atoms with Crippen LogP contribution in [0.1, 0.15) is 38.4 Å². The molecule has 0 radical (unpaired) electrons. The van der Waals surface area contributed by atoms with Crippen LogP contribution in [-0.4, -0.2) is 6.61 Å². The van der Waals surface area contributed by atoms with Gasteiger partial charge in [0.05, 0.1) is 12.7 Å². The van der Waals surface area contributed by atoms with Gasteiger partial charge in [-0.05, 0) is 30.5 Å². The average molecular weight is 239 g/mol. The summed E-state index contributed by atoms with van der Waals surface area (Å²) in [5.41, 5.74) is 2.40. The number of hydrogen-bond acceptors (Lipinski definition) is 1. The second-order valence-electron chi connectivity index (χ2n) is 3.64. The maximum Gasteiger partial charge on any atom is 0.0832 e. The Morgan fingerprint density at radius 2 is 1.88 bits per heavy atom. The second-order valence-corrected chi connectivity index (χ2v) is 4.08. The van der Waals surface area contributed by atoms with Crippen LogP contribution in [0.4, 0.5) is 0 Å². The molecule has 0 saturated carbocycles. The molecule has 0 aromatic heterocycles. The molecule has 0 spiro atoms. The summed E-state index contributed by atoms with van der Waals surface area (Å²) in [6.45, 7) is 8.60. The standard InChI is InChI=1S/C12H13ClO.C2H6/c1-9-2-7-12(14-8-9)10-3-5-11(13)6-4-10;1-2/h3-6,12H,1-2,7-8H2;1-2H3. The van der Waals surface area contributed by atoms with Gasteiger partial charge in [0.25, 0.3) is 0 Å². The van der Waals surface area contributed by atoms with E-state index in [-0.39, 0.29) is 6.10 Å². The summed E-state index contributed by atoms with van der Waals surface area (Å²) in [7, 11) is 0. The lowest BCUT2D eigenvalue weighted by atomic mass is 9.99. The first-order chi connectivity index (χ1) is 7.75. The van der Waals surface area contributed by atoms with Crippen LogP contribution in [0.25, 0.3) is 0 Å². The lowest BCUT2D eigenvalue weighted by molar-refractivity contribution is 0.0420. The minimum Gasteiger partial charge on any atom is -0.369 e. The van der Waals surface area contributed by atoms with Crippen molar-refractivity contribution in [1.29, 1.82) is 0 Å². The van der Waals surface area contributed by atoms with Gasteiger partial charge >= 0.3 is 0 Å². The molecule has 1 heterocycles. The predicted octanol–water partition coefficient (Wildman–Crippen LogP) is 4.77. The summed E-state index contributed by atoms with van der Waals surface area (Å²) in [5, 5.41) is 0.772. The van der Waals surface area contributed by atoms with Gasteiger partial charge in [-0.25, -0.2) is 0 Å². The Kier molecular flexibility index (Phi) is 5.58. The maximum absolute atomic E-state index is 5.82. The molecule has 0 bridgehead atoms. The van der Waals surface area contributed by atoms with Gasteiger partial charge in [-0.15, -0.1) is 0 Å². The molecule has 1 nitrogen and oxygen atoms in total. The van der Waals surface area contributed by atoms with Gasteiger partial charge in [0.15, 0.2) is 0 Å². The van der Waals surface area contributed by atoms with E-state index in [1.807, 2.05) is 38.1 Å². The molecule has 1 fully saturated rings. The van der Waals surface area contributed by atoms with Crippen LogP contribution < -0.4 is 0 Å². The summed E-state index contributed by atoms with van der Waals surface area (Å²) in [6, 6.07) is 7.87. The van der Waals surface area contributed by atoms with Crippen molar-refractivity contribution in [1.82, 2.24) is 0 Å². The monoisotopic (exact) mass is 238 g/mol.